The second-order valence-corrected chi connectivity index (χ2v) is 5.62. The van der Waals surface area contributed by atoms with Gasteiger partial charge in [0, 0.05) is 12.5 Å². The van der Waals surface area contributed by atoms with Crippen molar-refractivity contribution < 1.29 is 27.9 Å². The topological polar surface area (TPSA) is 57.6 Å². The van der Waals surface area contributed by atoms with Crippen molar-refractivity contribution in [2.24, 2.45) is 5.92 Å². The third-order valence-electron chi connectivity index (χ3n) is 4.28. The zero-order chi connectivity index (χ0) is 14.9. The molecule has 2 rings (SSSR count). The molecule has 0 radical (unpaired) electrons. The number of fused-ring (bicyclic) bond motifs is 1. The van der Waals surface area contributed by atoms with Crippen molar-refractivity contribution in [1.29, 1.82) is 0 Å². The molecule has 0 bridgehead atoms. The van der Waals surface area contributed by atoms with Crippen molar-refractivity contribution in [2.45, 2.75) is 63.2 Å². The van der Waals surface area contributed by atoms with E-state index >= 15 is 0 Å². The summed E-state index contributed by atoms with van der Waals surface area (Å²) in [6, 6.07) is -1.14. The first-order valence-corrected chi connectivity index (χ1v) is 6.90. The Morgan fingerprint density at radius 1 is 1.20 bits per heavy atom. The molecule has 1 aliphatic heterocycles. The van der Waals surface area contributed by atoms with Gasteiger partial charge in [-0.05, 0) is 25.2 Å². The standard InChI is InChI=1S/C13H18F3NO3/c14-13(15,16)6-5-11(18)17-9-4-2-1-3-8(9)7-10(17)12(19)20/h8-10H,1-7H2,(H,19,20)/t8-,9+,10-/m0/s1. The van der Waals surface area contributed by atoms with Gasteiger partial charge in [-0.15, -0.1) is 0 Å². The number of amides is 1. The summed E-state index contributed by atoms with van der Waals surface area (Å²) in [5.74, 6) is -1.66. The van der Waals surface area contributed by atoms with Crippen LogP contribution in [-0.2, 0) is 9.59 Å². The molecule has 7 heteroatoms. The highest BCUT2D eigenvalue weighted by atomic mass is 19.4. The van der Waals surface area contributed by atoms with Crippen LogP contribution >= 0.6 is 0 Å². The van der Waals surface area contributed by atoms with E-state index in [2.05, 4.69) is 0 Å². The molecule has 3 atom stereocenters. The third kappa shape index (κ3) is 3.24. The molecule has 1 heterocycles. The number of carbonyl (C=O) groups excluding carboxylic acids is 1. The normalized spacial score (nSPS) is 30.1. The van der Waals surface area contributed by atoms with Crippen LogP contribution in [0.1, 0.15) is 44.9 Å². The van der Waals surface area contributed by atoms with E-state index in [-0.39, 0.29) is 12.0 Å². The van der Waals surface area contributed by atoms with E-state index < -0.39 is 36.9 Å². The van der Waals surface area contributed by atoms with Gasteiger partial charge in [0.15, 0.2) is 0 Å². The Balaban J connectivity index is 2.08. The van der Waals surface area contributed by atoms with Gasteiger partial charge in [0.2, 0.25) is 5.91 Å². The molecule has 4 nitrogen and oxygen atoms in total. The lowest BCUT2D eigenvalue weighted by atomic mass is 9.84. The molecule has 114 valence electrons. The Labute approximate surface area is 114 Å². The van der Waals surface area contributed by atoms with Crippen molar-refractivity contribution in [3.63, 3.8) is 0 Å². The minimum Gasteiger partial charge on any atom is -0.480 e. The number of carboxylic acids is 1. The van der Waals surface area contributed by atoms with E-state index in [0.29, 0.717) is 12.8 Å². The van der Waals surface area contributed by atoms with Crippen LogP contribution in [0.3, 0.4) is 0 Å². The number of nitrogens with zero attached hydrogens (tertiary/aromatic N) is 1. The molecule has 0 unspecified atom stereocenters. The van der Waals surface area contributed by atoms with Crippen LogP contribution in [0.15, 0.2) is 0 Å². The molecule has 1 N–H and O–H groups in total. The van der Waals surface area contributed by atoms with Gasteiger partial charge in [-0.3, -0.25) is 4.79 Å². The number of hydrogen-bond donors (Lipinski definition) is 1. The summed E-state index contributed by atoms with van der Waals surface area (Å²) >= 11 is 0. The number of hydrogen-bond acceptors (Lipinski definition) is 2. The van der Waals surface area contributed by atoms with Crippen molar-refractivity contribution in [3.8, 4) is 0 Å². The quantitative estimate of drug-likeness (QED) is 0.870. The Hall–Kier alpha value is -1.27. The first-order valence-electron chi connectivity index (χ1n) is 6.90. The van der Waals surface area contributed by atoms with E-state index in [1.165, 1.54) is 4.90 Å². The maximum atomic E-state index is 12.2. The SMILES string of the molecule is O=C(O)[C@@H]1C[C@@H]2CCCC[C@H]2N1C(=O)CCC(F)(F)F. The third-order valence-corrected chi connectivity index (χ3v) is 4.28. The van der Waals surface area contributed by atoms with Crippen molar-refractivity contribution in [2.75, 3.05) is 0 Å². The second-order valence-electron chi connectivity index (χ2n) is 5.62. The Morgan fingerprint density at radius 2 is 1.85 bits per heavy atom. The second kappa shape index (κ2) is 5.61. The van der Waals surface area contributed by atoms with Crippen LogP contribution < -0.4 is 0 Å². The molecule has 2 fully saturated rings. The van der Waals surface area contributed by atoms with Crippen molar-refractivity contribution >= 4 is 11.9 Å². The lowest BCUT2D eigenvalue weighted by molar-refractivity contribution is -0.156. The largest absolute Gasteiger partial charge is 0.480 e. The minimum atomic E-state index is -4.39. The molecule has 1 amide bonds. The van der Waals surface area contributed by atoms with Gasteiger partial charge in [0.1, 0.15) is 6.04 Å². The van der Waals surface area contributed by atoms with Gasteiger partial charge in [0.25, 0.3) is 0 Å². The smallest absolute Gasteiger partial charge is 0.389 e. The lowest BCUT2D eigenvalue weighted by Gasteiger charge is -2.33. The van der Waals surface area contributed by atoms with Crippen LogP contribution in [0.2, 0.25) is 0 Å². The summed E-state index contributed by atoms with van der Waals surface area (Å²) in [6.45, 7) is 0. The van der Waals surface area contributed by atoms with Gasteiger partial charge in [0.05, 0.1) is 6.42 Å². The monoisotopic (exact) mass is 293 g/mol. The van der Waals surface area contributed by atoms with Gasteiger partial charge in [-0.1, -0.05) is 12.8 Å². The molecule has 1 aliphatic carbocycles. The number of likely N-dealkylation sites (tertiary alicyclic amines) is 1. The van der Waals surface area contributed by atoms with Crippen LogP contribution in [0.4, 0.5) is 13.2 Å². The maximum Gasteiger partial charge on any atom is 0.389 e. The summed E-state index contributed by atoms with van der Waals surface area (Å²) in [5.41, 5.74) is 0. The van der Waals surface area contributed by atoms with Crippen LogP contribution in [0, 0.1) is 5.92 Å². The molecular formula is C13H18F3NO3. The highest BCUT2D eigenvalue weighted by molar-refractivity contribution is 5.84. The van der Waals surface area contributed by atoms with Gasteiger partial charge in [-0.25, -0.2) is 4.79 Å². The van der Waals surface area contributed by atoms with E-state index in [1.807, 2.05) is 0 Å². The molecule has 0 spiro atoms. The van der Waals surface area contributed by atoms with Gasteiger partial charge >= 0.3 is 12.1 Å². The number of halogens is 3. The Morgan fingerprint density at radius 3 is 2.45 bits per heavy atom. The average Bonchev–Trinajstić information content (AvgIpc) is 2.74. The average molecular weight is 293 g/mol. The molecular weight excluding hydrogens is 275 g/mol. The maximum absolute atomic E-state index is 12.2. The zero-order valence-electron chi connectivity index (χ0n) is 11.0. The number of rotatable bonds is 3. The summed E-state index contributed by atoms with van der Waals surface area (Å²) in [5, 5.41) is 9.19. The molecule has 0 aromatic heterocycles. The molecule has 2 aliphatic rings. The van der Waals surface area contributed by atoms with Gasteiger partial charge in [-0.2, -0.15) is 13.2 Å². The molecule has 1 saturated heterocycles. The van der Waals surface area contributed by atoms with E-state index in [4.69, 9.17) is 0 Å². The first-order chi connectivity index (χ1) is 9.29. The summed E-state index contributed by atoms with van der Waals surface area (Å²) in [6.07, 6.45) is -2.40. The predicted octanol–water partition coefficient (Wildman–Crippen LogP) is 2.57. The molecule has 0 aromatic carbocycles. The summed E-state index contributed by atoms with van der Waals surface area (Å²) < 4.78 is 36.6. The predicted molar refractivity (Wildman–Crippen MR) is 63.9 cm³/mol. The highest BCUT2D eigenvalue weighted by Gasteiger charge is 2.47. The van der Waals surface area contributed by atoms with E-state index in [0.717, 1.165) is 19.3 Å². The zero-order valence-corrected chi connectivity index (χ0v) is 11.0. The Bertz CT molecular complexity index is 397. The summed E-state index contributed by atoms with van der Waals surface area (Å²) in [4.78, 5) is 24.5. The highest BCUT2D eigenvalue weighted by Crippen LogP contribution is 2.40. The van der Waals surface area contributed by atoms with Crippen LogP contribution in [-0.4, -0.2) is 40.1 Å². The first kappa shape index (κ1) is 15.1. The minimum absolute atomic E-state index is 0.125. The molecule has 1 saturated carbocycles. The number of carboxylic acid groups (broad SMARTS) is 1. The summed E-state index contributed by atoms with van der Waals surface area (Å²) in [7, 11) is 0. The van der Waals surface area contributed by atoms with Crippen molar-refractivity contribution in [3.05, 3.63) is 0 Å². The van der Waals surface area contributed by atoms with E-state index in [9.17, 15) is 27.9 Å². The lowest BCUT2D eigenvalue weighted by Crippen LogP contribution is -2.46. The van der Waals surface area contributed by atoms with Crippen LogP contribution in [0.5, 0.6) is 0 Å². The Kier molecular flexibility index (Phi) is 4.25. The fraction of sp³-hybridized carbons (Fsp3) is 0.846. The number of carbonyl (C=O) groups is 2. The van der Waals surface area contributed by atoms with E-state index in [1.54, 1.807) is 0 Å². The van der Waals surface area contributed by atoms with Crippen molar-refractivity contribution in [1.82, 2.24) is 4.90 Å². The fourth-order valence-corrected chi connectivity index (χ4v) is 3.42. The van der Waals surface area contributed by atoms with Gasteiger partial charge < -0.3 is 10.0 Å². The fourth-order valence-electron chi connectivity index (χ4n) is 3.42. The number of alkyl halides is 3. The van der Waals surface area contributed by atoms with Crippen LogP contribution in [0.25, 0.3) is 0 Å². The molecule has 20 heavy (non-hydrogen) atoms. The number of aliphatic carboxylic acids is 1. The molecule has 0 aromatic rings.